The number of rotatable bonds is 5. The molecule has 1 saturated heterocycles. The van der Waals surface area contributed by atoms with Crippen LogP contribution < -0.4 is 4.90 Å². The van der Waals surface area contributed by atoms with Crippen molar-refractivity contribution in [1.29, 1.82) is 0 Å². The number of halogens is 2. The Hall–Kier alpha value is -2.92. The summed E-state index contributed by atoms with van der Waals surface area (Å²) in [6, 6.07) is 6.62. The van der Waals surface area contributed by atoms with Crippen LogP contribution in [0.1, 0.15) is 22.8 Å². The first-order chi connectivity index (χ1) is 15.1. The second-order valence-electron chi connectivity index (χ2n) is 7.85. The molecule has 0 atom stereocenters. The van der Waals surface area contributed by atoms with E-state index in [0.29, 0.717) is 30.5 Å². The van der Waals surface area contributed by atoms with E-state index >= 15 is 0 Å². The molecule has 2 aromatic heterocycles. The van der Waals surface area contributed by atoms with Gasteiger partial charge in [-0.05, 0) is 45.0 Å². The summed E-state index contributed by atoms with van der Waals surface area (Å²) in [7, 11) is -3.79. The minimum atomic E-state index is -3.79. The fourth-order valence-corrected chi connectivity index (χ4v) is 5.32. The van der Waals surface area contributed by atoms with Crippen molar-refractivity contribution in [3.05, 3.63) is 64.7 Å². The van der Waals surface area contributed by atoms with Crippen molar-refractivity contribution >= 4 is 15.8 Å². The summed E-state index contributed by atoms with van der Waals surface area (Å²) in [6.45, 7) is 6.92. The van der Waals surface area contributed by atoms with E-state index < -0.39 is 27.4 Å². The smallest absolute Gasteiger partial charge is 0.218 e. The Bertz CT molecular complexity index is 1250. The largest absolute Gasteiger partial charge is 0.354 e. The zero-order chi connectivity index (χ0) is 23.0. The topological polar surface area (TPSA) is 84.2 Å². The first kappa shape index (κ1) is 22.3. The summed E-state index contributed by atoms with van der Waals surface area (Å²) in [5.41, 5.74) is 1.66. The molecule has 8 nitrogen and oxygen atoms in total. The minimum absolute atomic E-state index is 0.173. The van der Waals surface area contributed by atoms with Crippen molar-refractivity contribution < 1.29 is 17.2 Å². The summed E-state index contributed by atoms with van der Waals surface area (Å²) in [5, 5.41) is 4.47. The van der Waals surface area contributed by atoms with E-state index in [2.05, 4.69) is 15.1 Å². The molecule has 0 spiro atoms. The summed E-state index contributed by atoms with van der Waals surface area (Å²) in [6.07, 6.45) is 0. The average Bonchev–Trinajstić information content (AvgIpc) is 3.08. The normalized spacial score (nSPS) is 15.3. The lowest BCUT2D eigenvalue weighted by Crippen LogP contribution is -2.49. The zero-order valence-corrected chi connectivity index (χ0v) is 18.9. The van der Waals surface area contributed by atoms with Crippen molar-refractivity contribution in [3.63, 3.8) is 0 Å². The van der Waals surface area contributed by atoms with Crippen LogP contribution in [0.2, 0.25) is 0 Å². The molecule has 0 amide bonds. The molecule has 1 fully saturated rings. The number of hydrogen-bond donors (Lipinski definition) is 0. The summed E-state index contributed by atoms with van der Waals surface area (Å²) in [4.78, 5) is 11.0. The number of aryl methyl sites for hydroxylation is 3. The van der Waals surface area contributed by atoms with E-state index in [1.807, 2.05) is 30.9 Å². The zero-order valence-electron chi connectivity index (χ0n) is 18.1. The highest BCUT2D eigenvalue weighted by Crippen LogP contribution is 2.21. The van der Waals surface area contributed by atoms with Gasteiger partial charge in [0.25, 0.3) is 0 Å². The van der Waals surface area contributed by atoms with Crippen LogP contribution >= 0.6 is 0 Å². The van der Waals surface area contributed by atoms with Crippen LogP contribution in [-0.2, 0) is 15.8 Å². The lowest BCUT2D eigenvalue weighted by molar-refractivity contribution is 0.382. The first-order valence-electron chi connectivity index (χ1n) is 10.2. The maximum atomic E-state index is 13.9. The summed E-state index contributed by atoms with van der Waals surface area (Å²) < 4.78 is 55.9. The molecule has 32 heavy (non-hydrogen) atoms. The predicted octanol–water partition coefficient (Wildman–Crippen LogP) is 2.52. The van der Waals surface area contributed by atoms with Gasteiger partial charge in [0.15, 0.2) is 5.82 Å². The Morgan fingerprint density at radius 3 is 2.28 bits per heavy atom. The van der Waals surface area contributed by atoms with Gasteiger partial charge in [-0.15, -0.1) is 0 Å². The fourth-order valence-electron chi connectivity index (χ4n) is 3.80. The van der Waals surface area contributed by atoms with Gasteiger partial charge in [0.05, 0.1) is 11.4 Å². The van der Waals surface area contributed by atoms with E-state index in [4.69, 9.17) is 0 Å². The molecule has 1 aliphatic rings. The van der Waals surface area contributed by atoms with E-state index in [1.54, 1.807) is 11.6 Å². The van der Waals surface area contributed by atoms with Gasteiger partial charge >= 0.3 is 0 Å². The molecule has 0 unspecified atom stereocenters. The number of hydrogen-bond acceptors (Lipinski definition) is 6. The Morgan fingerprint density at radius 1 is 0.938 bits per heavy atom. The molecular formula is C21H24F2N6O2S. The first-order valence-corrected chi connectivity index (χ1v) is 11.8. The van der Waals surface area contributed by atoms with Gasteiger partial charge < -0.3 is 4.90 Å². The molecule has 11 heteroatoms. The van der Waals surface area contributed by atoms with Crippen molar-refractivity contribution in [1.82, 2.24) is 24.1 Å². The van der Waals surface area contributed by atoms with E-state index in [-0.39, 0.29) is 18.7 Å². The third-order valence-electron chi connectivity index (χ3n) is 5.34. The lowest BCUT2D eigenvalue weighted by Gasteiger charge is -2.34. The van der Waals surface area contributed by atoms with E-state index in [0.717, 1.165) is 29.6 Å². The number of nitrogens with zero attached hydrogens (tertiary/aromatic N) is 6. The maximum absolute atomic E-state index is 13.9. The fraction of sp³-hybridized carbons (Fsp3) is 0.381. The molecule has 0 saturated carbocycles. The highest BCUT2D eigenvalue weighted by atomic mass is 32.2. The van der Waals surface area contributed by atoms with Gasteiger partial charge in [-0.25, -0.2) is 31.8 Å². The number of sulfonamides is 1. The Balaban J connectivity index is 1.49. The van der Waals surface area contributed by atoms with Gasteiger partial charge in [0, 0.05) is 43.5 Å². The van der Waals surface area contributed by atoms with Crippen molar-refractivity contribution in [2.75, 3.05) is 31.1 Å². The molecule has 4 rings (SSSR count). The monoisotopic (exact) mass is 462 g/mol. The predicted molar refractivity (Wildman–Crippen MR) is 116 cm³/mol. The highest BCUT2D eigenvalue weighted by molar-refractivity contribution is 7.88. The molecule has 3 heterocycles. The Kier molecular flexibility index (Phi) is 5.95. The van der Waals surface area contributed by atoms with Crippen LogP contribution in [0.5, 0.6) is 0 Å². The van der Waals surface area contributed by atoms with Gasteiger partial charge in [-0.2, -0.15) is 9.40 Å². The number of aromatic nitrogens is 4. The Morgan fingerprint density at radius 2 is 1.62 bits per heavy atom. The molecule has 170 valence electrons. The Labute approximate surface area is 185 Å². The van der Waals surface area contributed by atoms with Crippen molar-refractivity contribution in [3.8, 4) is 5.82 Å². The second-order valence-corrected chi connectivity index (χ2v) is 9.82. The van der Waals surface area contributed by atoms with E-state index in [9.17, 15) is 17.2 Å². The maximum Gasteiger partial charge on any atom is 0.218 e. The van der Waals surface area contributed by atoms with Crippen LogP contribution in [0.15, 0.2) is 30.3 Å². The van der Waals surface area contributed by atoms with Crippen molar-refractivity contribution in [2.45, 2.75) is 26.5 Å². The molecule has 1 aliphatic heterocycles. The third-order valence-corrected chi connectivity index (χ3v) is 7.17. The highest BCUT2D eigenvalue weighted by Gasteiger charge is 2.29. The van der Waals surface area contributed by atoms with Crippen LogP contribution in [-0.4, -0.2) is 58.7 Å². The molecule has 0 aliphatic carbocycles. The minimum Gasteiger partial charge on any atom is -0.354 e. The van der Waals surface area contributed by atoms with Crippen LogP contribution in [0.4, 0.5) is 14.6 Å². The molecule has 1 aromatic carbocycles. The molecular weight excluding hydrogens is 438 g/mol. The molecule has 0 bridgehead atoms. The lowest BCUT2D eigenvalue weighted by atomic mass is 10.2. The van der Waals surface area contributed by atoms with Crippen LogP contribution in [0, 0.1) is 32.4 Å². The van der Waals surface area contributed by atoms with Gasteiger partial charge in [-0.3, -0.25) is 0 Å². The standard InChI is InChI=1S/C21H24F2N6O2S/c1-14-10-15(2)29(26-14)21-12-20(24-16(3)25-21)27-6-8-28(9-7-27)32(30,31)13-17-11-18(22)4-5-19(17)23/h4-5,10-12H,6-9,13H2,1-3H3. The second kappa shape index (κ2) is 8.55. The summed E-state index contributed by atoms with van der Waals surface area (Å²) >= 11 is 0. The SMILES string of the molecule is Cc1cc(C)n(-c2cc(N3CCN(S(=O)(=O)Cc4cc(F)ccc4F)CC3)nc(C)n2)n1. The average molecular weight is 463 g/mol. The number of benzene rings is 1. The van der Waals surface area contributed by atoms with Gasteiger partial charge in [0.2, 0.25) is 10.0 Å². The number of piperazine rings is 1. The van der Waals surface area contributed by atoms with Crippen LogP contribution in [0.25, 0.3) is 5.82 Å². The third kappa shape index (κ3) is 4.63. The van der Waals surface area contributed by atoms with Crippen LogP contribution in [0.3, 0.4) is 0 Å². The molecule has 3 aromatic rings. The summed E-state index contributed by atoms with van der Waals surface area (Å²) in [5.74, 6) is -0.0592. The van der Waals surface area contributed by atoms with Crippen molar-refractivity contribution in [2.24, 2.45) is 0 Å². The molecule has 0 N–H and O–H groups in total. The quantitative estimate of drug-likeness (QED) is 0.579. The van der Waals surface area contributed by atoms with Gasteiger partial charge in [0.1, 0.15) is 23.3 Å². The van der Waals surface area contributed by atoms with Gasteiger partial charge in [-0.1, -0.05) is 0 Å². The molecule has 0 radical (unpaired) electrons. The number of anilines is 1. The van der Waals surface area contributed by atoms with E-state index in [1.165, 1.54) is 4.31 Å².